The maximum absolute atomic E-state index is 11.1. The van der Waals surface area contributed by atoms with Gasteiger partial charge in [0.2, 0.25) is 0 Å². The average molecular weight is 207 g/mol. The first-order valence-electron chi connectivity index (χ1n) is 1.38. The van der Waals surface area contributed by atoms with Gasteiger partial charge in [0.05, 0.1) is 0 Å². The van der Waals surface area contributed by atoms with Gasteiger partial charge >= 0.3 is 10.8 Å². The molecule has 0 spiro atoms. The predicted molar refractivity (Wildman–Crippen MR) is 28.8 cm³/mol. The molecule has 8 heteroatoms. The molecule has 0 rings (SSSR count). The molecule has 0 unspecified atom stereocenters. The minimum atomic E-state index is -4.66. The van der Waals surface area contributed by atoms with Crippen molar-refractivity contribution in [2.24, 2.45) is 0 Å². The van der Waals surface area contributed by atoms with E-state index in [0.717, 1.165) is 0 Å². The van der Waals surface area contributed by atoms with E-state index in [2.05, 4.69) is 23.2 Å². The Morgan fingerprint density at radius 2 is 0.800 bits per heavy atom. The van der Waals surface area contributed by atoms with Crippen LogP contribution in [0.1, 0.15) is 0 Å². The van der Waals surface area contributed by atoms with E-state index in [1.54, 1.807) is 0 Å². The first-order valence-corrected chi connectivity index (χ1v) is 2.14. The molecular weight excluding hydrogens is 203 g/mol. The molecule has 4 N–H and O–H groups in total. The standard InChI is InChI=1S/C2Cl2F4.2H2O/c3-1(5,6)2(4,7)8;;/h;2*1H2. The van der Waals surface area contributed by atoms with Crippen molar-refractivity contribution in [3.63, 3.8) is 0 Å². The van der Waals surface area contributed by atoms with Crippen molar-refractivity contribution in [2.75, 3.05) is 0 Å². The monoisotopic (exact) mass is 206 g/mol. The van der Waals surface area contributed by atoms with Gasteiger partial charge in [0, 0.05) is 0 Å². The number of rotatable bonds is 1. The molecule has 0 amide bonds. The fraction of sp³-hybridized carbons (Fsp3) is 1.00. The molecule has 0 aromatic carbocycles. The lowest BCUT2D eigenvalue weighted by atomic mass is 10.7. The van der Waals surface area contributed by atoms with Gasteiger partial charge in [-0.3, -0.25) is 0 Å². The molecule has 0 radical (unpaired) electrons. The summed E-state index contributed by atoms with van der Waals surface area (Å²) in [5.74, 6) is 0. The minimum absolute atomic E-state index is 0. The summed E-state index contributed by atoms with van der Waals surface area (Å²) in [6, 6.07) is 0. The van der Waals surface area contributed by atoms with Crippen LogP contribution >= 0.6 is 23.2 Å². The second kappa shape index (κ2) is 4.17. The van der Waals surface area contributed by atoms with E-state index in [-0.39, 0.29) is 11.0 Å². The van der Waals surface area contributed by atoms with Gasteiger partial charge in [0.15, 0.2) is 0 Å². The van der Waals surface area contributed by atoms with E-state index in [1.165, 1.54) is 0 Å². The van der Waals surface area contributed by atoms with Crippen LogP contribution in [0.4, 0.5) is 17.6 Å². The Balaban J connectivity index is -0.000000245. The molecule has 0 aromatic rings. The highest BCUT2D eigenvalue weighted by Gasteiger charge is 2.53. The Kier molecular flexibility index (Phi) is 6.95. The number of halogens is 6. The van der Waals surface area contributed by atoms with Gasteiger partial charge in [-0.25, -0.2) is 0 Å². The minimum Gasteiger partial charge on any atom is -0.412 e. The quantitative estimate of drug-likeness (QED) is 0.454. The van der Waals surface area contributed by atoms with Crippen molar-refractivity contribution in [3.8, 4) is 0 Å². The van der Waals surface area contributed by atoms with Crippen LogP contribution in [0.3, 0.4) is 0 Å². The summed E-state index contributed by atoms with van der Waals surface area (Å²) in [7, 11) is 0. The molecule has 0 saturated carbocycles. The molecule has 0 atom stereocenters. The Morgan fingerprint density at radius 1 is 0.700 bits per heavy atom. The van der Waals surface area contributed by atoms with Crippen LogP contribution in [0.25, 0.3) is 0 Å². The average Bonchev–Trinajstić information content (AvgIpc) is 1.25. The molecule has 0 heterocycles. The van der Waals surface area contributed by atoms with Crippen LogP contribution < -0.4 is 0 Å². The maximum Gasteiger partial charge on any atom is 0.398 e. The largest absolute Gasteiger partial charge is 0.412 e. The normalized spacial score (nSPS) is 11.4. The van der Waals surface area contributed by atoms with Crippen LogP contribution in [0.5, 0.6) is 0 Å². The zero-order chi connectivity index (χ0) is 7.00. The summed E-state index contributed by atoms with van der Waals surface area (Å²) in [4.78, 5) is 0. The predicted octanol–water partition coefficient (Wildman–Crippen LogP) is 1.00. The fourth-order valence-corrected chi connectivity index (χ4v) is 0. The highest BCUT2D eigenvalue weighted by molar-refractivity contribution is 6.31. The Labute approximate surface area is 63.3 Å². The third-order valence-electron chi connectivity index (χ3n) is 0.321. The number of alkyl halides is 6. The van der Waals surface area contributed by atoms with Gasteiger partial charge in [-0.15, -0.1) is 0 Å². The van der Waals surface area contributed by atoms with Crippen molar-refractivity contribution in [1.29, 1.82) is 0 Å². The third-order valence-corrected chi connectivity index (χ3v) is 0.893. The summed E-state index contributed by atoms with van der Waals surface area (Å²) in [6.07, 6.45) is 0. The maximum atomic E-state index is 11.1. The van der Waals surface area contributed by atoms with Crippen molar-refractivity contribution in [2.45, 2.75) is 10.8 Å². The zero-order valence-corrected chi connectivity index (χ0v) is 5.78. The second-order valence-electron chi connectivity index (χ2n) is 0.996. The summed E-state index contributed by atoms with van der Waals surface area (Å²) >= 11 is 7.59. The number of hydrogen-bond acceptors (Lipinski definition) is 0. The van der Waals surface area contributed by atoms with Crippen LogP contribution in [0.2, 0.25) is 0 Å². The summed E-state index contributed by atoms with van der Waals surface area (Å²) in [5.41, 5.74) is 0. The van der Waals surface area contributed by atoms with Gasteiger partial charge in [-0.05, 0) is 23.2 Å². The van der Waals surface area contributed by atoms with E-state index in [0.29, 0.717) is 0 Å². The summed E-state index contributed by atoms with van der Waals surface area (Å²) in [6.45, 7) is 0. The van der Waals surface area contributed by atoms with Gasteiger partial charge in [0.25, 0.3) is 0 Å². The van der Waals surface area contributed by atoms with Gasteiger partial charge in [0.1, 0.15) is 0 Å². The first-order chi connectivity index (χ1) is 3.25. The molecule has 0 aromatic heterocycles. The van der Waals surface area contributed by atoms with Crippen LogP contribution in [0.15, 0.2) is 0 Å². The molecule has 66 valence electrons. The smallest absolute Gasteiger partial charge is 0.398 e. The molecule has 0 bridgehead atoms. The molecule has 0 aliphatic carbocycles. The van der Waals surface area contributed by atoms with E-state index in [1.807, 2.05) is 0 Å². The van der Waals surface area contributed by atoms with E-state index in [9.17, 15) is 17.6 Å². The Bertz CT molecular complexity index is 74.2. The van der Waals surface area contributed by atoms with Gasteiger partial charge < -0.3 is 11.0 Å². The molecule has 0 aliphatic rings. The first kappa shape index (κ1) is 16.7. The Hall–Kier alpha value is 0.220. The molecular formula is C2H4Cl2F4O2. The van der Waals surface area contributed by atoms with Crippen molar-refractivity contribution >= 4 is 23.2 Å². The summed E-state index contributed by atoms with van der Waals surface area (Å²) in [5, 5.41) is -9.32. The lowest BCUT2D eigenvalue weighted by Crippen LogP contribution is -2.28. The highest BCUT2D eigenvalue weighted by Crippen LogP contribution is 2.40. The van der Waals surface area contributed by atoms with Crippen molar-refractivity contribution < 1.29 is 28.5 Å². The third kappa shape index (κ3) is 5.04. The topological polar surface area (TPSA) is 63.0 Å². The van der Waals surface area contributed by atoms with Crippen molar-refractivity contribution in [3.05, 3.63) is 0 Å². The lowest BCUT2D eigenvalue weighted by molar-refractivity contribution is -0.0960. The highest BCUT2D eigenvalue weighted by atomic mass is 35.5. The van der Waals surface area contributed by atoms with E-state index >= 15 is 0 Å². The fourth-order valence-electron chi connectivity index (χ4n) is 0. The van der Waals surface area contributed by atoms with Crippen LogP contribution in [-0.2, 0) is 0 Å². The number of hydrogen-bond donors (Lipinski definition) is 0. The lowest BCUT2D eigenvalue weighted by Gasteiger charge is -2.11. The Morgan fingerprint density at radius 3 is 0.800 bits per heavy atom. The molecule has 2 nitrogen and oxygen atoms in total. The van der Waals surface area contributed by atoms with Crippen LogP contribution in [-0.4, -0.2) is 21.7 Å². The molecule has 0 aliphatic heterocycles. The van der Waals surface area contributed by atoms with Gasteiger partial charge in [-0.1, -0.05) is 0 Å². The SMILES string of the molecule is FC(F)(Cl)C(F)(F)Cl.O.O. The van der Waals surface area contributed by atoms with E-state index < -0.39 is 10.8 Å². The van der Waals surface area contributed by atoms with Gasteiger partial charge in [-0.2, -0.15) is 17.6 Å². The van der Waals surface area contributed by atoms with Crippen LogP contribution in [0, 0.1) is 0 Å². The van der Waals surface area contributed by atoms with Crippen molar-refractivity contribution in [1.82, 2.24) is 0 Å². The summed E-state index contributed by atoms with van der Waals surface area (Å²) < 4.78 is 44.5. The second-order valence-corrected chi connectivity index (χ2v) is 1.94. The van der Waals surface area contributed by atoms with E-state index in [4.69, 9.17) is 0 Å². The molecule has 0 saturated heterocycles. The zero-order valence-electron chi connectivity index (χ0n) is 4.27. The molecule has 0 fully saturated rings. The molecule has 10 heavy (non-hydrogen) atoms.